The van der Waals surface area contributed by atoms with Gasteiger partial charge in [-0.15, -0.1) is 0 Å². The Balaban J connectivity index is 1.80. The molecule has 122 valence electrons. The minimum absolute atomic E-state index is 0.0835. The number of ether oxygens (including phenoxy) is 1. The highest BCUT2D eigenvalue weighted by atomic mass is 16.5. The molecule has 0 saturated heterocycles. The molecule has 1 amide bonds. The molecule has 2 N–H and O–H groups in total. The first-order valence-corrected chi connectivity index (χ1v) is 8.26. The van der Waals surface area contributed by atoms with Crippen molar-refractivity contribution in [2.75, 3.05) is 20.3 Å². The van der Waals surface area contributed by atoms with Crippen molar-refractivity contribution in [1.82, 2.24) is 5.32 Å². The molecule has 1 aromatic rings. The van der Waals surface area contributed by atoms with Crippen LogP contribution in [0.25, 0.3) is 0 Å². The molecule has 1 saturated carbocycles. The summed E-state index contributed by atoms with van der Waals surface area (Å²) >= 11 is 0. The standard InChI is InChI=1S/C18H27NO3/c1-22-13-17(20)11-12-19-18(21)16-9-7-15(8-10-16)14-5-3-2-4-6-14/h7-10,14,17,20H,2-6,11-13H2,1H3,(H,19,21). The zero-order valence-electron chi connectivity index (χ0n) is 13.4. The van der Waals surface area contributed by atoms with E-state index < -0.39 is 6.10 Å². The van der Waals surface area contributed by atoms with Crippen molar-refractivity contribution >= 4 is 5.91 Å². The number of benzene rings is 1. The van der Waals surface area contributed by atoms with Crippen molar-refractivity contribution in [2.45, 2.75) is 50.5 Å². The topological polar surface area (TPSA) is 58.6 Å². The molecule has 4 heteroatoms. The van der Waals surface area contributed by atoms with E-state index in [2.05, 4.69) is 17.4 Å². The van der Waals surface area contributed by atoms with Crippen LogP contribution in [0.15, 0.2) is 24.3 Å². The van der Waals surface area contributed by atoms with E-state index in [-0.39, 0.29) is 5.91 Å². The normalized spacial score (nSPS) is 17.2. The summed E-state index contributed by atoms with van der Waals surface area (Å²) < 4.78 is 4.85. The smallest absolute Gasteiger partial charge is 0.251 e. The van der Waals surface area contributed by atoms with Gasteiger partial charge in [-0.1, -0.05) is 31.4 Å². The zero-order valence-corrected chi connectivity index (χ0v) is 13.4. The average molecular weight is 305 g/mol. The summed E-state index contributed by atoms with van der Waals surface area (Å²) in [6, 6.07) is 7.99. The van der Waals surface area contributed by atoms with E-state index in [9.17, 15) is 9.90 Å². The quantitative estimate of drug-likeness (QED) is 0.814. The molecule has 22 heavy (non-hydrogen) atoms. The van der Waals surface area contributed by atoms with Crippen LogP contribution in [-0.4, -0.2) is 37.4 Å². The van der Waals surface area contributed by atoms with Crippen LogP contribution >= 0.6 is 0 Å². The predicted octanol–water partition coefficient (Wildman–Crippen LogP) is 2.86. The van der Waals surface area contributed by atoms with Gasteiger partial charge in [0.2, 0.25) is 0 Å². The maximum atomic E-state index is 12.0. The van der Waals surface area contributed by atoms with Gasteiger partial charge in [-0.2, -0.15) is 0 Å². The van der Waals surface area contributed by atoms with Crippen LogP contribution in [0.5, 0.6) is 0 Å². The molecule has 4 nitrogen and oxygen atoms in total. The molecule has 1 aromatic carbocycles. The fraction of sp³-hybridized carbons (Fsp3) is 0.611. The van der Waals surface area contributed by atoms with E-state index >= 15 is 0 Å². The monoisotopic (exact) mass is 305 g/mol. The van der Waals surface area contributed by atoms with Gasteiger partial charge in [-0.25, -0.2) is 0 Å². The molecule has 1 unspecified atom stereocenters. The number of methoxy groups -OCH3 is 1. The van der Waals surface area contributed by atoms with E-state index in [4.69, 9.17) is 4.74 Å². The lowest BCUT2D eigenvalue weighted by molar-refractivity contribution is 0.0587. The van der Waals surface area contributed by atoms with Gasteiger partial charge in [-0.05, 0) is 42.9 Å². The molecule has 0 heterocycles. The fourth-order valence-corrected chi connectivity index (χ4v) is 3.07. The Morgan fingerprint density at radius 2 is 1.95 bits per heavy atom. The number of carbonyl (C=O) groups excluding carboxylic acids is 1. The Morgan fingerprint density at radius 3 is 2.59 bits per heavy atom. The number of amides is 1. The van der Waals surface area contributed by atoms with E-state index in [1.165, 1.54) is 37.7 Å². The number of aliphatic hydroxyl groups is 1. The molecular formula is C18H27NO3. The molecule has 1 atom stereocenters. The molecule has 0 aromatic heterocycles. The average Bonchev–Trinajstić information content (AvgIpc) is 2.56. The Labute approximate surface area is 132 Å². The summed E-state index contributed by atoms with van der Waals surface area (Å²) in [5, 5.41) is 12.4. The molecule has 1 aliphatic carbocycles. The highest BCUT2D eigenvalue weighted by molar-refractivity contribution is 5.94. The third kappa shape index (κ3) is 5.11. The van der Waals surface area contributed by atoms with Crippen LogP contribution in [0, 0.1) is 0 Å². The van der Waals surface area contributed by atoms with Crippen molar-refractivity contribution in [3.8, 4) is 0 Å². The molecule has 0 spiro atoms. The third-order valence-corrected chi connectivity index (χ3v) is 4.37. The summed E-state index contributed by atoms with van der Waals surface area (Å²) in [6.45, 7) is 0.750. The molecular weight excluding hydrogens is 278 g/mol. The second-order valence-corrected chi connectivity index (χ2v) is 6.11. The van der Waals surface area contributed by atoms with Gasteiger partial charge in [0.1, 0.15) is 0 Å². The number of carbonyl (C=O) groups is 1. The number of rotatable bonds is 7. The summed E-state index contributed by atoms with van der Waals surface area (Å²) in [6.07, 6.45) is 6.49. The van der Waals surface area contributed by atoms with Gasteiger partial charge < -0.3 is 15.2 Å². The predicted molar refractivity (Wildman–Crippen MR) is 87.1 cm³/mol. The van der Waals surface area contributed by atoms with Crippen LogP contribution in [0.4, 0.5) is 0 Å². The molecule has 0 radical (unpaired) electrons. The molecule has 0 aliphatic heterocycles. The van der Waals surface area contributed by atoms with Crippen LogP contribution in [0.2, 0.25) is 0 Å². The first kappa shape index (κ1) is 17.0. The Hall–Kier alpha value is -1.39. The van der Waals surface area contributed by atoms with E-state index in [0.717, 1.165) is 0 Å². The van der Waals surface area contributed by atoms with Crippen LogP contribution in [0.3, 0.4) is 0 Å². The van der Waals surface area contributed by atoms with Gasteiger partial charge in [-0.3, -0.25) is 4.79 Å². The molecule has 1 aliphatic rings. The Kier molecular flexibility index (Phi) is 6.87. The van der Waals surface area contributed by atoms with Crippen molar-refractivity contribution in [2.24, 2.45) is 0 Å². The van der Waals surface area contributed by atoms with Crippen molar-refractivity contribution in [3.05, 3.63) is 35.4 Å². The number of nitrogens with one attached hydrogen (secondary N) is 1. The van der Waals surface area contributed by atoms with Gasteiger partial charge in [0, 0.05) is 19.2 Å². The zero-order chi connectivity index (χ0) is 15.8. The van der Waals surface area contributed by atoms with Crippen molar-refractivity contribution in [3.63, 3.8) is 0 Å². The summed E-state index contributed by atoms with van der Waals surface area (Å²) in [4.78, 5) is 12.0. The minimum atomic E-state index is -0.529. The van der Waals surface area contributed by atoms with Gasteiger partial charge in [0.15, 0.2) is 0 Å². The summed E-state index contributed by atoms with van der Waals surface area (Å²) in [5.41, 5.74) is 2.03. The largest absolute Gasteiger partial charge is 0.391 e. The number of aliphatic hydroxyl groups excluding tert-OH is 1. The van der Waals surface area contributed by atoms with Crippen LogP contribution < -0.4 is 5.32 Å². The van der Waals surface area contributed by atoms with Crippen LogP contribution in [0.1, 0.15) is 60.4 Å². The SMILES string of the molecule is COCC(O)CCNC(=O)c1ccc(C2CCCCC2)cc1. The summed E-state index contributed by atoms with van der Waals surface area (Å²) in [5.74, 6) is 0.579. The van der Waals surface area contributed by atoms with E-state index in [1.807, 2.05) is 12.1 Å². The van der Waals surface area contributed by atoms with Crippen molar-refractivity contribution in [1.29, 1.82) is 0 Å². The number of hydrogen-bond acceptors (Lipinski definition) is 3. The maximum absolute atomic E-state index is 12.0. The summed E-state index contributed by atoms with van der Waals surface area (Å²) in [7, 11) is 1.55. The fourth-order valence-electron chi connectivity index (χ4n) is 3.07. The molecule has 2 rings (SSSR count). The van der Waals surface area contributed by atoms with Crippen LogP contribution in [-0.2, 0) is 4.74 Å². The third-order valence-electron chi connectivity index (χ3n) is 4.37. The first-order chi connectivity index (χ1) is 10.7. The van der Waals surface area contributed by atoms with Gasteiger partial charge in [0.05, 0.1) is 12.7 Å². The lowest BCUT2D eigenvalue weighted by atomic mass is 9.84. The Morgan fingerprint density at radius 1 is 1.27 bits per heavy atom. The Bertz CT molecular complexity index is 452. The first-order valence-electron chi connectivity index (χ1n) is 8.26. The second-order valence-electron chi connectivity index (χ2n) is 6.11. The molecule has 0 bridgehead atoms. The second kappa shape index (κ2) is 8.91. The lowest BCUT2D eigenvalue weighted by Crippen LogP contribution is -2.28. The highest BCUT2D eigenvalue weighted by Gasteiger charge is 2.15. The van der Waals surface area contributed by atoms with E-state index in [1.54, 1.807) is 7.11 Å². The minimum Gasteiger partial charge on any atom is -0.391 e. The maximum Gasteiger partial charge on any atom is 0.251 e. The van der Waals surface area contributed by atoms with Crippen molar-refractivity contribution < 1.29 is 14.6 Å². The molecule has 1 fully saturated rings. The van der Waals surface area contributed by atoms with Gasteiger partial charge in [0.25, 0.3) is 5.91 Å². The van der Waals surface area contributed by atoms with Gasteiger partial charge >= 0.3 is 0 Å². The number of hydrogen-bond donors (Lipinski definition) is 2. The highest BCUT2D eigenvalue weighted by Crippen LogP contribution is 2.32. The lowest BCUT2D eigenvalue weighted by Gasteiger charge is -2.22. The van der Waals surface area contributed by atoms with E-state index in [0.29, 0.717) is 31.1 Å².